The Bertz CT molecular complexity index is 1050. The van der Waals surface area contributed by atoms with Crippen LogP contribution in [0.3, 0.4) is 0 Å². The van der Waals surface area contributed by atoms with Gasteiger partial charge in [0.2, 0.25) is 0 Å². The monoisotopic (exact) mass is 368 g/mol. The summed E-state index contributed by atoms with van der Waals surface area (Å²) in [5.74, 6) is 0.514. The molecule has 4 rings (SSSR count). The van der Waals surface area contributed by atoms with Crippen LogP contribution in [0.25, 0.3) is 21.0 Å². The van der Waals surface area contributed by atoms with Crippen molar-refractivity contribution in [3.8, 4) is 10.8 Å². The van der Waals surface area contributed by atoms with Gasteiger partial charge in [0.1, 0.15) is 0 Å². The molecule has 4 nitrogen and oxygen atoms in total. The van der Waals surface area contributed by atoms with Gasteiger partial charge in [0, 0.05) is 10.7 Å². The molecule has 2 aromatic heterocycles. The molecule has 0 aliphatic rings. The van der Waals surface area contributed by atoms with Gasteiger partial charge >= 0.3 is 0 Å². The van der Waals surface area contributed by atoms with Crippen LogP contribution in [0.5, 0.6) is 0 Å². The van der Waals surface area contributed by atoms with Crippen LogP contribution in [-0.2, 0) is 0 Å². The van der Waals surface area contributed by atoms with Crippen molar-refractivity contribution < 1.29 is 9.21 Å². The van der Waals surface area contributed by atoms with Gasteiger partial charge < -0.3 is 9.73 Å². The lowest BCUT2D eigenvalue weighted by atomic mass is 10.2. The number of fused-ring (bicyclic) bond motifs is 1. The summed E-state index contributed by atoms with van der Waals surface area (Å²) in [7, 11) is 0. The summed E-state index contributed by atoms with van der Waals surface area (Å²) in [6.45, 7) is 1.89. The van der Waals surface area contributed by atoms with Crippen molar-refractivity contribution in [3.63, 3.8) is 0 Å². The zero-order valence-electron chi connectivity index (χ0n) is 13.2. The smallest absolute Gasteiger partial charge is 0.291 e. The van der Waals surface area contributed by atoms with E-state index in [0.717, 1.165) is 20.8 Å². The van der Waals surface area contributed by atoms with E-state index >= 15 is 0 Å². The lowest BCUT2D eigenvalue weighted by Gasteiger charge is -2.07. The number of rotatable bonds is 3. The number of amides is 1. The van der Waals surface area contributed by atoms with Crippen molar-refractivity contribution in [2.24, 2.45) is 0 Å². The topological polar surface area (TPSA) is 55.1 Å². The van der Waals surface area contributed by atoms with E-state index in [2.05, 4.69) is 10.3 Å². The van der Waals surface area contributed by atoms with Gasteiger partial charge in [-0.1, -0.05) is 23.7 Å². The van der Waals surface area contributed by atoms with Gasteiger partial charge in [0.15, 0.2) is 16.5 Å². The van der Waals surface area contributed by atoms with Crippen LogP contribution in [0.1, 0.15) is 16.1 Å². The fourth-order valence-electron chi connectivity index (χ4n) is 2.50. The third-order valence-electron chi connectivity index (χ3n) is 3.77. The number of para-hydroxylation sites is 1. The molecule has 0 atom stereocenters. The van der Waals surface area contributed by atoms with Crippen molar-refractivity contribution in [2.75, 3.05) is 5.32 Å². The van der Waals surface area contributed by atoms with Crippen LogP contribution in [0, 0.1) is 6.92 Å². The fraction of sp³-hybridized carbons (Fsp3) is 0.0526. The Morgan fingerprint density at radius 1 is 1.16 bits per heavy atom. The summed E-state index contributed by atoms with van der Waals surface area (Å²) in [5, 5.41) is 4.22. The van der Waals surface area contributed by atoms with Gasteiger partial charge in [-0.3, -0.25) is 4.79 Å². The van der Waals surface area contributed by atoms with Crippen molar-refractivity contribution in [2.45, 2.75) is 6.92 Å². The van der Waals surface area contributed by atoms with Gasteiger partial charge in [-0.25, -0.2) is 4.98 Å². The summed E-state index contributed by atoms with van der Waals surface area (Å²) in [6, 6.07) is 16.6. The molecule has 0 aliphatic carbocycles. The first-order valence-electron chi connectivity index (χ1n) is 7.63. The van der Waals surface area contributed by atoms with Crippen molar-refractivity contribution >= 4 is 44.7 Å². The number of thiazole rings is 1. The predicted molar refractivity (Wildman–Crippen MR) is 101 cm³/mol. The zero-order chi connectivity index (χ0) is 17.4. The summed E-state index contributed by atoms with van der Waals surface area (Å²) in [4.78, 5) is 17.0. The lowest BCUT2D eigenvalue weighted by Crippen LogP contribution is -2.11. The molecule has 6 heteroatoms. The highest BCUT2D eigenvalue weighted by molar-refractivity contribution is 7.21. The number of aryl methyl sites for hydroxylation is 1. The van der Waals surface area contributed by atoms with Gasteiger partial charge in [-0.15, -0.1) is 11.3 Å². The largest absolute Gasteiger partial charge is 0.448 e. The molecule has 0 aliphatic heterocycles. The maximum atomic E-state index is 12.4. The summed E-state index contributed by atoms with van der Waals surface area (Å²) in [5.41, 5.74) is 2.51. The molecular formula is C19H13ClN2O2S. The molecule has 0 unspecified atom stereocenters. The first kappa shape index (κ1) is 15.9. The number of nitrogens with one attached hydrogen (secondary N) is 1. The summed E-state index contributed by atoms with van der Waals surface area (Å²) >= 11 is 7.47. The van der Waals surface area contributed by atoms with Crippen LogP contribution in [0.2, 0.25) is 5.02 Å². The first-order valence-corrected chi connectivity index (χ1v) is 8.83. The second kappa shape index (κ2) is 6.35. The highest BCUT2D eigenvalue weighted by Crippen LogP contribution is 2.31. The van der Waals surface area contributed by atoms with Gasteiger partial charge in [-0.2, -0.15) is 0 Å². The van der Waals surface area contributed by atoms with Crippen LogP contribution >= 0.6 is 22.9 Å². The summed E-state index contributed by atoms with van der Waals surface area (Å²) < 4.78 is 6.79. The van der Waals surface area contributed by atoms with E-state index in [4.69, 9.17) is 16.0 Å². The van der Waals surface area contributed by atoms with E-state index in [9.17, 15) is 4.79 Å². The molecule has 0 saturated heterocycles. The van der Waals surface area contributed by atoms with Gasteiger partial charge in [-0.05, 0) is 55.0 Å². The van der Waals surface area contributed by atoms with Crippen molar-refractivity contribution in [1.82, 2.24) is 4.98 Å². The molecule has 0 fully saturated rings. The van der Waals surface area contributed by atoms with Crippen LogP contribution in [-0.4, -0.2) is 10.9 Å². The van der Waals surface area contributed by atoms with E-state index in [1.165, 1.54) is 11.3 Å². The van der Waals surface area contributed by atoms with E-state index in [1.54, 1.807) is 30.3 Å². The molecule has 2 heterocycles. The Balaban J connectivity index is 1.58. The minimum absolute atomic E-state index is 0.239. The standard InChI is InChI=1S/C19H13ClN2O2S/c1-11-10-12(20)6-7-13(11)21-18(23)15-8-9-16(24-15)19-22-14-4-2-3-5-17(14)25-19/h2-10H,1H3,(H,21,23). The molecule has 2 aromatic carbocycles. The minimum atomic E-state index is -0.308. The van der Waals surface area contributed by atoms with E-state index in [0.29, 0.717) is 16.5 Å². The summed E-state index contributed by atoms with van der Waals surface area (Å²) in [6.07, 6.45) is 0. The molecule has 4 aromatic rings. The third kappa shape index (κ3) is 3.16. The number of halogens is 1. The molecule has 124 valence electrons. The van der Waals surface area contributed by atoms with E-state index in [-0.39, 0.29) is 11.7 Å². The Morgan fingerprint density at radius 2 is 2.00 bits per heavy atom. The number of aromatic nitrogens is 1. The normalized spacial score (nSPS) is 11.0. The number of benzene rings is 2. The SMILES string of the molecule is Cc1cc(Cl)ccc1NC(=O)c1ccc(-c2nc3ccccc3s2)o1. The van der Waals surface area contributed by atoms with Crippen LogP contribution in [0.15, 0.2) is 59.0 Å². The second-order valence-corrected chi connectivity index (χ2v) is 7.03. The maximum absolute atomic E-state index is 12.4. The zero-order valence-corrected chi connectivity index (χ0v) is 14.8. The number of furan rings is 1. The van der Waals surface area contributed by atoms with Crippen molar-refractivity contribution in [1.29, 1.82) is 0 Å². The highest BCUT2D eigenvalue weighted by Gasteiger charge is 2.15. The Hall–Kier alpha value is -2.63. The molecule has 1 amide bonds. The predicted octanol–water partition coefficient (Wildman–Crippen LogP) is 5.77. The van der Waals surface area contributed by atoms with Gasteiger partial charge in [0.05, 0.1) is 10.2 Å². The second-order valence-electron chi connectivity index (χ2n) is 5.56. The molecule has 0 bridgehead atoms. The van der Waals surface area contributed by atoms with E-state index < -0.39 is 0 Å². The highest BCUT2D eigenvalue weighted by atomic mass is 35.5. The van der Waals surface area contributed by atoms with E-state index in [1.807, 2.05) is 31.2 Å². The van der Waals surface area contributed by atoms with Crippen LogP contribution in [0.4, 0.5) is 5.69 Å². The maximum Gasteiger partial charge on any atom is 0.291 e. The first-order chi connectivity index (χ1) is 12.1. The lowest BCUT2D eigenvalue weighted by molar-refractivity contribution is 0.0997. The number of carbonyl (C=O) groups excluding carboxylic acids is 1. The average molecular weight is 369 g/mol. The Morgan fingerprint density at radius 3 is 2.80 bits per heavy atom. The van der Waals surface area contributed by atoms with Crippen LogP contribution < -0.4 is 5.32 Å². The molecule has 1 N–H and O–H groups in total. The molecular weight excluding hydrogens is 356 g/mol. The molecule has 0 spiro atoms. The number of anilines is 1. The number of carbonyl (C=O) groups is 1. The minimum Gasteiger partial charge on any atom is -0.448 e. The molecule has 25 heavy (non-hydrogen) atoms. The van der Waals surface area contributed by atoms with Gasteiger partial charge in [0.25, 0.3) is 5.91 Å². The fourth-order valence-corrected chi connectivity index (χ4v) is 3.66. The third-order valence-corrected chi connectivity index (χ3v) is 5.06. The number of hydrogen-bond donors (Lipinski definition) is 1. The molecule has 0 radical (unpaired) electrons. The quantitative estimate of drug-likeness (QED) is 0.499. The number of nitrogens with zero attached hydrogens (tertiary/aromatic N) is 1. The Labute approximate surface area is 153 Å². The van der Waals surface area contributed by atoms with Crippen molar-refractivity contribution in [3.05, 3.63) is 70.9 Å². The molecule has 0 saturated carbocycles. The Kier molecular flexibility index (Phi) is 4.03. The average Bonchev–Trinajstić information content (AvgIpc) is 3.23. The number of hydrogen-bond acceptors (Lipinski definition) is 4.